The highest BCUT2D eigenvalue weighted by Gasteiger charge is 2.52. The van der Waals surface area contributed by atoms with E-state index >= 15 is 0 Å². The maximum absolute atomic E-state index is 12.0. The highest BCUT2D eigenvalue weighted by atomic mass is 16.7. The van der Waals surface area contributed by atoms with Gasteiger partial charge in [0.05, 0.1) is 7.11 Å². The van der Waals surface area contributed by atoms with E-state index in [1.165, 1.54) is 39.2 Å². The van der Waals surface area contributed by atoms with Gasteiger partial charge >= 0.3 is 17.9 Å². The lowest BCUT2D eigenvalue weighted by atomic mass is 9.96. The molecule has 1 aromatic carbocycles. The van der Waals surface area contributed by atoms with Crippen LogP contribution in [-0.4, -0.2) is 74.5 Å². The zero-order valence-corrected chi connectivity index (χ0v) is 19.4. The van der Waals surface area contributed by atoms with Gasteiger partial charge in [-0.05, 0) is 18.2 Å². The molecule has 1 saturated heterocycles. The molecule has 1 aliphatic rings. The quantitative estimate of drug-likeness (QED) is 0.299. The number of carbonyl (C=O) groups excluding carboxylic acids is 5. The summed E-state index contributed by atoms with van der Waals surface area (Å²) in [6.07, 6.45) is -4.30. The molecule has 12 nitrogen and oxygen atoms in total. The van der Waals surface area contributed by atoms with Gasteiger partial charge in [0.1, 0.15) is 25.0 Å². The van der Waals surface area contributed by atoms with E-state index in [0.717, 1.165) is 13.8 Å². The molecule has 1 heterocycles. The van der Waals surface area contributed by atoms with Crippen LogP contribution in [0.2, 0.25) is 0 Å². The minimum atomic E-state index is -1.31. The first kappa shape index (κ1) is 26.6. The van der Waals surface area contributed by atoms with Crippen LogP contribution in [0.5, 0.6) is 11.5 Å². The molecule has 1 amide bonds. The predicted molar refractivity (Wildman–Crippen MR) is 113 cm³/mol. The average molecular weight is 481 g/mol. The Bertz CT molecular complexity index is 931. The molecule has 0 saturated carbocycles. The van der Waals surface area contributed by atoms with Crippen molar-refractivity contribution in [2.24, 2.45) is 0 Å². The van der Waals surface area contributed by atoms with Crippen molar-refractivity contribution in [3.63, 3.8) is 0 Å². The van der Waals surface area contributed by atoms with Crippen LogP contribution in [-0.2, 0) is 38.1 Å². The first-order valence-corrected chi connectivity index (χ1v) is 10.3. The zero-order chi connectivity index (χ0) is 25.4. The predicted octanol–water partition coefficient (Wildman–Crippen LogP) is 0.543. The van der Waals surface area contributed by atoms with Crippen molar-refractivity contribution in [1.29, 1.82) is 0 Å². The number of aldehydes is 1. The van der Waals surface area contributed by atoms with Crippen LogP contribution < -0.4 is 14.8 Å². The van der Waals surface area contributed by atoms with Crippen molar-refractivity contribution in [3.8, 4) is 11.5 Å². The Kier molecular flexibility index (Phi) is 9.36. The Morgan fingerprint density at radius 2 is 1.62 bits per heavy atom. The number of ether oxygens (including phenoxy) is 6. The van der Waals surface area contributed by atoms with Crippen molar-refractivity contribution >= 4 is 30.1 Å². The summed E-state index contributed by atoms with van der Waals surface area (Å²) in [4.78, 5) is 58.1. The second-order valence-corrected chi connectivity index (χ2v) is 7.37. The molecule has 0 aliphatic carbocycles. The fourth-order valence-electron chi connectivity index (χ4n) is 3.37. The molecule has 2 rings (SSSR count). The number of benzene rings is 1. The highest BCUT2D eigenvalue weighted by Crippen LogP contribution is 2.33. The van der Waals surface area contributed by atoms with E-state index in [9.17, 15) is 24.0 Å². The summed E-state index contributed by atoms with van der Waals surface area (Å²) >= 11 is 0. The van der Waals surface area contributed by atoms with E-state index in [1.54, 1.807) is 0 Å². The fourth-order valence-corrected chi connectivity index (χ4v) is 3.37. The third-order valence-electron chi connectivity index (χ3n) is 4.64. The summed E-state index contributed by atoms with van der Waals surface area (Å²) in [6.45, 7) is 4.33. The Morgan fingerprint density at radius 3 is 2.15 bits per heavy atom. The van der Waals surface area contributed by atoms with Crippen molar-refractivity contribution in [2.45, 2.75) is 58.3 Å². The zero-order valence-electron chi connectivity index (χ0n) is 19.4. The molecular weight excluding hydrogens is 454 g/mol. The molecule has 0 unspecified atom stereocenters. The fraction of sp³-hybridized carbons (Fsp3) is 0.500. The number of rotatable bonds is 9. The van der Waals surface area contributed by atoms with Crippen LogP contribution in [0.15, 0.2) is 18.2 Å². The molecule has 186 valence electrons. The molecule has 1 fully saturated rings. The second kappa shape index (κ2) is 12.0. The molecule has 0 radical (unpaired) electrons. The van der Waals surface area contributed by atoms with E-state index in [4.69, 9.17) is 28.4 Å². The average Bonchev–Trinajstić information content (AvgIpc) is 2.75. The molecule has 1 N–H and O–H groups in total. The van der Waals surface area contributed by atoms with Gasteiger partial charge in [0.2, 0.25) is 12.2 Å². The first-order chi connectivity index (χ1) is 16.0. The lowest BCUT2D eigenvalue weighted by Crippen LogP contribution is -2.67. The van der Waals surface area contributed by atoms with Crippen molar-refractivity contribution in [3.05, 3.63) is 23.8 Å². The van der Waals surface area contributed by atoms with Gasteiger partial charge in [0.25, 0.3) is 0 Å². The van der Waals surface area contributed by atoms with Gasteiger partial charge in [-0.3, -0.25) is 24.0 Å². The minimum Gasteiger partial charge on any atom is -0.493 e. The number of carbonyl (C=O) groups is 5. The van der Waals surface area contributed by atoms with Gasteiger partial charge < -0.3 is 33.7 Å². The van der Waals surface area contributed by atoms with Gasteiger partial charge in [-0.25, -0.2) is 0 Å². The van der Waals surface area contributed by atoms with E-state index in [1.807, 2.05) is 0 Å². The van der Waals surface area contributed by atoms with Crippen molar-refractivity contribution in [2.75, 3.05) is 13.7 Å². The lowest BCUT2D eigenvalue weighted by Gasteiger charge is -2.44. The van der Waals surface area contributed by atoms with Gasteiger partial charge in [0.15, 0.2) is 23.7 Å². The van der Waals surface area contributed by atoms with Crippen LogP contribution in [0.25, 0.3) is 0 Å². The van der Waals surface area contributed by atoms with E-state index in [2.05, 4.69) is 5.32 Å². The second-order valence-electron chi connectivity index (χ2n) is 7.37. The third kappa shape index (κ3) is 7.17. The highest BCUT2D eigenvalue weighted by molar-refractivity contribution is 5.76. The van der Waals surface area contributed by atoms with Gasteiger partial charge in [-0.15, -0.1) is 0 Å². The molecule has 0 spiro atoms. The summed E-state index contributed by atoms with van der Waals surface area (Å²) in [6, 6.07) is 3.22. The van der Waals surface area contributed by atoms with Crippen LogP contribution in [0.1, 0.15) is 38.1 Å². The number of methoxy groups -OCH3 is 1. The molecule has 0 aromatic heterocycles. The van der Waals surface area contributed by atoms with Gasteiger partial charge in [0, 0.05) is 33.3 Å². The molecular formula is C22H27NO11. The molecule has 1 aromatic rings. The number of esters is 3. The normalized spacial score (nSPS) is 23.7. The molecule has 1 aliphatic heterocycles. The van der Waals surface area contributed by atoms with Crippen LogP contribution >= 0.6 is 0 Å². The molecule has 5 atom stereocenters. The summed E-state index contributed by atoms with van der Waals surface area (Å²) in [5.74, 6) is -2.24. The van der Waals surface area contributed by atoms with Crippen LogP contribution in [0, 0.1) is 0 Å². The summed E-state index contributed by atoms with van der Waals surface area (Å²) < 4.78 is 32.9. The largest absolute Gasteiger partial charge is 0.493 e. The van der Waals surface area contributed by atoms with Gasteiger partial charge in [-0.1, -0.05) is 0 Å². The molecule has 34 heavy (non-hydrogen) atoms. The summed E-state index contributed by atoms with van der Waals surface area (Å²) in [5.41, 5.74) is 0.326. The first-order valence-electron chi connectivity index (χ1n) is 10.3. The Hall–Kier alpha value is -3.67. The SMILES string of the molecule is COc1cc(C=O)ccc1O[C@H]1O[C@@H](COC(C)=O)[C@@H](OC(C)=O)[C@H](OC(C)=O)[C@H]1NC(C)=O. The Morgan fingerprint density at radius 1 is 0.971 bits per heavy atom. The number of hydrogen-bond donors (Lipinski definition) is 1. The maximum Gasteiger partial charge on any atom is 0.303 e. The Labute approximate surface area is 195 Å². The lowest BCUT2D eigenvalue weighted by molar-refractivity contribution is -0.257. The monoisotopic (exact) mass is 481 g/mol. The van der Waals surface area contributed by atoms with Crippen LogP contribution in [0.4, 0.5) is 0 Å². The van der Waals surface area contributed by atoms with Crippen molar-refractivity contribution in [1.82, 2.24) is 5.32 Å². The van der Waals surface area contributed by atoms with Gasteiger partial charge in [-0.2, -0.15) is 0 Å². The number of hydrogen-bond acceptors (Lipinski definition) is 11. The third-order valence-corrected chi connectivity index (χ3v) is 4.64. The van der Waals surface area contributed by atoms with E-state index in [-0.39, 0.29) is 18.1 Å². The smallest absolute Gasteiger partial charge is 0.303 e. The summed E-state index contributed by atoms with van der Waals surface area (Å²) in [7, 11) is 1.37. The topological polar surface area (TPSA) is 153 Å². The minimum absolute atomic E-state index is 0.146. The van der Waals surface area contributed by atoms with E-state index < -0.39 is 54.5 Å². The molecule has 0 bridgehead atoms. The van der Waals surface area contributed by atoms with Crippen LogP contribution in [0.3, 0.4) is 0 Å². The summed E-state index contributed by atoms with van der Waals surface area (Å²) in [5, 5.41) is 2.59. The van der Waals surface area contributed by atoms with Crippen molar-refractivity contribution < 1.29 is 52.4 Å². The number of amides is 1. The van der Waals surface area contributed by atoms with E-state index in [0.29, 0.717) is 11.8 Å². The standard InChI is InChI=1S/C22H27NO11/c1-11(25)23-19-21(32-14(4)28)20(31-13(3)27)18(10-30-12(2)26)34-22(19)33-16-7-6-15(9-24)8-17(16)29-5/h6-9,18-22H,10H2,1-5H3,(H,23,25)/t18-,19+,20+,21+,22-/m0/s1. The molecule has 12 heteroatoms. The number of nitrogens with one attached hydrogen (secondary N) is 1. The maximum atomic E-state index is 12.0. The Balaban J connectivity index is 2.51.